The van der Waals surface area contributed by atoms with Gasteiger partial charge in [-0.2, -0.15) is 0 Å². The van der Waals surface area contributed by atoms with Crippen molar-refractivity contribution in [3.8, 4) is 5.82 Å². The van der Waals surface area contributed by atoms with Crippen LogP contribution in [-0.2, 0) is 0 Å². The molecule has 1 aliphatic rings. The molecule has 1 saturated carbocycles. The fourth-order valence-electron chi connectivity index (χ4n) is 5.33. The Morgan fingerprint density at radius 1 is 1.20 bits per heavy atom. The molecule has 0 spiro atoms. The number of allylic oxidation sites excluding steroid dienone is 4. The molecule has 206 valence electrons. The summed E-state index contributed by atoms with van der Waals surface area (Å²) in [7, 11) is 0. The van der Waals surface area contributed by atoms with Gasteiger partial charge in [-0.05, 0) is 70.3 Å². The molecule has 1 fully saturated rings. The van der Waals surface area contributed by atoms with Crippen molar-refractivity contribution in [2.75, 3.05) is 18.8 Å². The summed E-state index contributed by atoms with van der Waals surface area (Å²) < 4.78 is 1.89. The van der Waals surface area contributed by atoms with Crippen LogP contribution >= 0.6 is 0 Å². The van der Waals surface area contributed by atoms with E-state index in [1.54, 1.807) is 12.5 Å². The first kappa shape index (κ1) is 27.3. The number of fused-ring (bicyclic) bond motifs is 1. The number of hydrogen-bond donors (Lipinski definition) is 4. The van der Waals surface area contributed by atoms with Crippen LogP contribution < -0.4 is 11.1 Å². The Kier molecular flexibility index (Phi) is 8.07. The first-order chi connectivity index (χ1) is 19.3. The van der Waals surface area contributed by atoms with Gasteiger partial charge in [0.2, 0.25) is 0 Å². The molecule has 4 aromatic heterocycles. The van der Waals surface area contributed by atoms with E-state index >= 15 is 0 Å². The average molecular weight is 535 g/mol. The predicted molar refractivity (Wildman–Crippen MR) is 164 cm³/mol. The third-order valence-electron chi connectivity index (χ3n) is 7.33. The summed E-state index contributed by atoms with van der Waals surface area (Å²) >= 11 is 0. The number of nitrogen functional groups attached to an aromatic ring is 1. The van der Waals surface area contributed by atoms with Crippen LogP contribution in [0.15, 0.2) is 72.9 Å². The number of hydrogen-bond acceptors (Lipinski definition) is 6. The highest BCUT2D eigenvalue weighted by molar-refractivity contribution is 6.13. The lowest BCUT2D eigenvalue weighted by molar-refractivity contribution is 0.502. The van der Waals surface area contributed by atoms with Crippen molar-refractivity contribution < 1.29 is 0 Å². The van der Waals surface area contributed by atoms with Crippen molar-refractivity contribution in [1.82, 2.24) is 29.8 Å². The van der Waals surface area contributed by atoms with E-state index in [1.165, 1.54) is 31.3 Å². The number of aryl methyl sites for hydroxylation is 1. The minimum absolute atomic E-state index is 0.219. The molecule has 8 nitrogen and oxygen atoms in total. The molecule has 0 saturated heterocycles. The van der Waals surface area contributed by atoms with E-state index in [2.05, 4.69) is 39.8 Å². The molecule has 0 amide bonds. The second kappa shape index (κ2) is 11.8. The van der Waals surface area contributed by atoms with Gasteiger partial charge in [0.1, 0.15) is 23.6 Å². The number of aromatic nitrogens is 5. The third kappa shape index (κ3) is 6.13. The summed E-state index contributed by atoms with van der Waals surface area (Å²) in [5, 5.41) is 13.6. The number of aromatic amines is 1. The Morgan fingerprint density at radius 2 is 2.00 bits per heavy atom. The van der Waals surface area contributed by atoms with Crippen LogP contribution in [0, 0.1) is 18.3 Å². The first-order valence-electron chi connectivity index (χ1n) is 13.9. The number of nitrogens with two attached hydrogens (primary N) is 1. The molecule has 0 aromatic carbocycles. The van der Waals surface area contributed by atoms with Crippen molar-refractivity contribution >= 4 is 27.9 Å². The van der Waals surface area contributed by atoms with Crippen LogP contribution in [0.3, 0.4) is 0 Å². The number of nitrogens with zero attached hydrogens (tertiary/aromatic N) is 4. The Morgan fingerprint density at radius 3 is 2.73 bits per heavy atom. The van der Waals surface area contributed by atoms with Gasteiger partial charge in [-0.3, -0.25) is 9.98 Å². The minimum Gasteiger partial charge on any atom is -0.397 e. The lowest BCUT2D eigenvalue weighted by atomic mass is 10.0. The van der Waals surface area contributed by atoms with Gasteiger partial charge < -0.3 is 16.0 Å². The van der Waals surface area contributed by atoms with E-state index in [9.17, 15) is 0 Å². The zero-order valence-electron chi connectivity index (χ0n) is 23.6. The summed E-state index contributed by atoms with van der Waals surface area (Å²) in [6.45, 7) is 12.0. The molecule has 8 heteroatoms. The van der Waals surface area contributed by atoms with Crippen molar-refractivity contribution in [2.24, 2.45) is 5.92 Å². The second-order valence-electron chi connectivity index (χ2n) is 10.9. The van der Waals surface area contributed by atoms with Crippen molar-refractivity contribution in [2.45, 2.75) is 46.5 Å². The van der Waals surface area contributed by atoms with E-state index in [0.29, 0.717) is 17.1 Å². The third-order valence-corrected chi connectivity index (χ3v) is 7.33. The van der Waals surface area contributed by atoms with Gasteiger partial charge in [0.05, 0.1) is 28.3 Å². The van der Waals surface area contributed by atoms with E-state index in [-0.39, 0.29) is 5.71 Å². The van der Waals surface area contributed by atoms with E-state index in [0.717, 1.165) is 58.3 Å². The Balaban J connectivity index is 1.42. The monoisotopic (exact) mass is 534 g/mol. The predicted octanol–water partition coefficient (Wildman–Crippen LogP) is 6.14. The van der Waals surface area contributed by atoms with E-state index in [4.69, 9.17) is 16.1 Å². The Labute approximate surface area is 235 Å². The molecule has 40 heavy (non-hydrogen) atoms. The first-order valence-corrected chi connectivity index (χ1v) is 13.9. The molecule has 5 N–H and O–H groups in total. The second-order valence-corrected chi connectivity index (χ2v) is 10.9. The highest BCUT2D eigenvalue weighted by Gasteiger charge is 2.17. The quantitative estimate of drug-likeness (QED) is 0.144. The molecule has 0 unspecified atom stereocenters. The maximum absolute atomic E-state index is 9.04. The van der Waals surface area contributed by atoms with Crippen LogP contribution in [0.25, 0.3) is 22.3 Å². The summed E-state index contributed by atoms with van der Waals surface area (Å²) in [5.74, 6) is 1.54. The average Bonchev–Trinajstić information content (AvgIpc) is 3.69. The van der Waals surface area contributed by atoms with Crippen LogP contribution in [0.4, 0.5) is 5.69 Å². The summed E-state index contributed by atoms with van der Waals surface area (Å²) in [6, 6.07) is 7.55. The normalized spacial score (nSPS) is 14.8. The van der Waals surface area contributed by atoms with Gasteiger partial charge in [0.15, 0.2) is 0 Å². The molecule has 0 aliphatic heterocycles. The number of H-pyrrole nitrogens is 1. The summed E-state index contributed by atoms with van der Waals surface area (Å²) in [4.78, 5) is 17.1. The maximum Gasteiger partial charge on any atom is 0.147 e. The van der Waals surface area contributed by atoms with Crippen LogP contribution in [0.1, 0.15) is 62.3 Å². The fraction of sp³-hybridized carbons (Fsp3) is 0.312. The minimum atomic E-state index is 0.219. The molecule has 4 heterocycles. The molecule has 0 bridgehead atoms. The van der Waals surface area contributed by atoms with Gasteiger partial charge in [-0.25, -0.2) is 15.0 Å². The number of rotatable bonds is 10. The highest BCUT2D eigenvalue weighted by atomic mass is 15.1. The van der Waals surface area contributed by atoms with Gasteiger partial charge in [-0.15, -0.1) is 0 Å². The molecular weight excluding hydrogens is 496 g/mol. The standard InChI is InChI=1S/C32H38N8/c1-20(2)13-24(14-21(3)16-35-17-23-7-5-6-8-23)27-10-9-26(33)31(39-27)30(34)29-15-25-28(38-29)11-12-36-32(25)40-18-22(4)37-19-40/h9-15,18-19,23,34-35,38H,1,5-8,16-17,33H2,2-4H3/b21-14+,24-13+,34-30?. The lowest BCUT2D eigenvalue weighted by Crippen LogP contribution is -2.22. The van der Waals surface area contributed by atoms with Gasteiger partial charge in [0, 0.05) is 29.9 Å². The Bertz CT molecular complexity index is 1610. The van der Waals surface area contributed by atoms with E-state index in [1.807, 2.05) is 55.0 Å². The molecule has 0 atom stereocenters. The summed E-state index contributed by atoms with van der Waals surface area (Å²) in [5.41, 5.74) is 13.7. The van der Waals surface area contributed by atoms with Gasteiger partial charge in [0.25, 0.3) is 0 Å². The van der Waals surface area contributed by atoms with E-state index < -0.39 is 0 Å². The lowest BCUT2D eigenvalue weighted by Gasteiger charge is -2.12. The Hall–Kier alpha value is -4.30. The highest BCUT2D eigenvalue weighted by Crippen LogP contribution is 2.26. The van der Waals surface area contributed by atoms with Crippen LogP contribution in [-0.4, -0.2) is 43.3 Å². The van der Waals surface area contributed by atoms with Crippen molar-refractivity contribution in [3.05, 3.63) is 95.6 Å². The number of pyridine rings is 2. The number of anilines is 1. The molecular formula is C32H38N8. The van der Waals surface area contributed by atoms with Gasteiger partial charge >= 0.3 is 0 Å². The number of nitrogens with one attached hydrogen (secondary N) is 3. The maximum atomic E-state index is 9.04. The van der Waals surface area contributed by atoms with Crippen LogP contribution in [0.5, 0.6) is 0 Å². The van der Waals surface area contributed by atoms with Gasteiger partial charge in [-0.1, -0.05) is 42.7 Å². The zero-order valence-corrected chi connectivity index (χ0v) is 23.6. The molecule has 1 aliphatic carbocycles. The smallest absolute Gasteiger partial charge is 0.147 e. The molecule has 0 radical (unpaired) electrons. The molecule has 4 aromatic rings. The zero-order chi connectivity index (χ0) is 28.2. The number of imidazole rings is 1. The fourth-order valence-corrected chi connectivity index (χ4v) is 5.33. The largest absolute Gasteiger partial charge is 0.397 e. The van der Waals surface area contributed by atoms with Crippen molar-refractivity contribution in [3.63, 3.8) is 0 Å². The molecule has 5 rings (SSSR count). The van der Waals surface area contributed by atoms with Crippen molar-refractivity contribution in [1.29, 1.82) is 5.41 Å². The van der Waals surface area contributed by atoms with Crippen LogP contribution in [0.2, 0.25) is 0 Å². The SMILES string of the molecule is C=C(C)/C=C(\C=C(/C)CNCC1CCCC1)c1ccc(N)c(C(=N)c2cc3c(-n4cnc(C)c4)nccc3[nH]2)n1. The summed E-state index contributed by atoms with van der Waals surface area (Å²) in [6.07, 6.45) is 15.0. The topological polar surface area (TPSA) is 121 Å².